The monoisotopic (exact) mass is 438 g/mol. The maximum absolute atomic E-state index is 13.2. The first-order valence-corrected chi connectivity index (χ1v) is 10.7. The summed E-state index contributed by atoms with van der Waals surface area (Å²) in [6, 6.07) is 7.18. The standard InChI is InChI=1S/C23H30N6O3/c1-5-29(6-2)12-11-25-23(31)18-13-17(26-20(30)15-32-4)14-19-21(18)28(3)22(27-19)16-7-9-24-10-8-16/h7-10,13-14H,5-6,11-12,15H2,1-4H3,(H,25,31)(H,26,30). The van der Waals surface area contributed by atoms with Crippen molar-refractivity contribution in [1.82, 2.24) is 24.8 Å². The van der Waals surface area contributed by atoms with Gasteiger partial charge in [-0.05, 0) is 37.4 Å². The van der Waals surface area contributed by atoms with Gasteiger partial charge < -0.3 is 24.8 Å². The van der Waals surface area contributed by atoms with Gasteiger partial charge in [0.1, 0.15) is 12.4 Å². The molecule has 2 heterocycles. The summed E-state index contributed by atoms with van der Waals surface area (Å²) >= 11 is 0. The lowest BCUT2D eigenvalue weighted by Gasteiger charge is -2.18. The molecule has 0 aliphatic heterocycles. The molecule has 2 N–H and O–H groups in total. The Kier molecular flexibility index (Phi) is 7.91. The van der Waals surface area contributed by atoms with Crippen molar-refractivity contribution in [3.05, 3.63) is 42.2 Å². The first-order valence-electron chi connectivity index (χ1n) is 10.7. The molecule has 0 unspecified atom stereocenters. The van der Waals surface area contributed by atoms with Crippen molar-refractivity contribution in [2.75, 3.05) is 45.2 Å². The van der Waals surface area contributed by atoms with E-state index < -0.39 is 0 Å². The Morgan fingerprint density at radius 1 is 1.16 bits per heavy atom. The van der Waals surface area contributed by atoms with Gasteiger partial charge in [-0.1, -0.05) is 13.8 Å². The highest BCUT2D eigenvalue weighted by molar-refractivity contribution is 6.08. The van der Waals surface area contributed by atoms with Gasteiger partial charge in [0, 0.05) is 50.9 Å². The molecule has 0 saturated carbocycles. The van der Waals surface area contributed by atoms with Gasteiger partial charge >= 0.3 is 0 Å². The minimum Gasteiger partial charge on any atom is -0.375 e. The molecule has 0 atom stereocenters. The third-order valence-corrected chi connectivity index (χ3v) is 5.32. The van der Waals surface area contributed by atoms with Crippen LogP contribution < -0.4 is 10.6 Å². The Morgan fingerprint density at radius 3 is 2.53 bits per heavy atom. The third kappa shape index (κ3) is 5.30. The second-order valence-corrected chi connectivity index (χ2v) is 7.39. The van der Waals surface area contributed by atoms with Crippen LogP contribution in [0.3, 0.4) is 0 Å². The Morgan fingerprint density at radius 2 is 1.88 bits per heavy atom. The van der Waals surface area contributed by atoms with E-state index in [9.17, 15) is 9.59 Å². The summed E-state index contributed by atoms with van der Waals surface area (Å²) in [6.45, 7) is 7.25. The molecular weight excluding hydrogens is 408 g/mol. The third-order valence-electron chi connectivity index (χ3n) is 5.32. The highest BCUT2D eigenvalue weighted by atomic mass is 16.5. The van der Waals surface area contributed by atoms with Gasteiger partial charge in [-0.2, -0.15) is 0 Å². The largest absolute Gasteiger partial charge is 0.375 e. The van der Waals surface area contributed by atoms with Crippen molar-refractivity contribution in [3.8, 4) is 11.4 Å². The number of imidazole rings is 1. The molecule has 32 heavy (non-hydrogen) atoms. The number of rotatable bonds is 10. The number of pyridine rings is 1. The molecule has 0 bridgehead atoms. The SMILES string of the molecule is CCN(CC)CCNC(=O)c1cc(NC(=O)COC)cc2nc(-c3ccncc3)n(C)c12. The Balaban J connectivity index is 2.00. The van der Waals surface area contributed by atoms with Crippen LogP contribution in [0.2, 0.25) is 0 Å². The summed E-state index contributed by atoms with van der Waals surface area (Å²) < 4.78 is 6.79. The smallest absolute Gasteiger partial charge is 0.253 e. The number of hydrogen-bond acceptors (Lipinski definition) is 6. The summed E-state index contributed by atoms with van der Waals surface area (Å²) in [7, 11) is 3.33. The molecular formula is C23H30N6O3. The molecule has 9 heteroatoms. The number of carbonyl (C=O) groups excluding carboxylic acids is 2. The van der Waals surface area contributed by atoms with Gasteiger partial charge in [-0.3, -0.25) is 14.6 Å². The Hall–Kier alpha value is -3.30. The number of anilines is 1. The number of nitrogens with one attached hydrogen (secondary N) is 2. The zero-order valence-corrected chi connectivity index (χ0v) is 19.0. The highest BCUT2D eigenvalue weighted by Gasteiger charge is 2.20. The fourth-order valence-electron chi connectivity index (χ4n) is 3.65. The van der Waals surface area contributed by atoms with Gasteiger partial charge in [-0.15, -0.1) is 0 Å². The van der Waals surface area contributed by atoms with Gasteiger partial charge in [0.2, 0.25) is 5.91 Å². The highest BCUT2D eigenvalue weighted by Crippen LogP contribution is 2.29. The van der Waals surface area contributed by atoms with Crippen LogP contribution in [0.4, 0.5) is 5.69 Å². The van der Waals surface area contributed by atoms with E-state index in [2.05, 4.69) is 34.4 Å². The van der Waals surface area contributed by atoms with Crippen molar-refractivity contribution in [2.24, 2.45) is 7.05 Å². The maximum Gasteiger partial charge on any atom is 0.253 e. The number of likely N-dealkylation sites (N-methyl/N-ethyl adjacent to an activating group) is 1. The second kappa shape index (κ2) is 10.8. The molecule has 1 aromatic carbocycles. The van der Waals surface area contributed by atoms with E-state index in [1.54, 1.807) is 24.5 Å². The van der Waals surface area contributed by atoms with Crippen LogP contribution in [0.15, 0.2) is 36.7 Å². The predicted molar refractivity (Wildman–Crippen MR) is 125 cm³/mol. The van der Waals surface area contributed by atoms with Crippen LogP contribution in [-0.2, 0) is 16.6 Å². The van der Waals surface area contributed by atoms with Gasteiger partial charge in [0.25, 0.3) is 5.91 Å². The number of methoxy groups -OCH3 is 1. The Bertz CT molecular complexity index is 1080. The number of carbonyl (C=O) groups is 2. The van der Waals surface area contributed by atoms with Crippen LogP contribution in [0, 0.1) is 0 Å². The minimum absolute atomic E-state index is 0.0755. The fraction of sp³-hybridized carbons (Fsp3) is 0.391. The molecule has 9 nitrogen and oxygen atoms in total. The number of nitrogens with zero attached hydrogens (tertiary/aromatic N) is 4. The molecule has 0 aliphatic rings. The summed E-state index contributed by atoms with van der Waals surface area (Å²) in [4.78, 5) is 36.3. The predicted octanol–water partition coefficient (Wildman–Crippen LogP) is 2.29. The van der Waals surface area contributed by atoms with Crippen molar-refractivity contribution in [1.29, 1.82) is 0 Å². The second-order valence-electron chi connectivity index (χ2n) is 7.39. The van der Waals surface area contributed by atoms with E-state index in [-0.39, 0.29) is 18.4 Å². The van der Waals surface area contributed by atoms with E-state index in [1.165, 1.54) is 7.11 Å². The first kappa shape index (κ1) is 23.4. The normalized spacial score (nSPS) is 11.2. The number of ether oxygens (including phenoxy) is 1. The van der Waals surface area contributed by atoms with Crippen LogP contribution in [0.1, 0.15) is 24.2 Å². The summed E-state index contributed by atoms with van der Waals surface area (Å²) in [5.74, 6) is 0.194. The van der Waals surface area contributed by atoms with Gasteiger partial charge in [-0.25, -0.2) is 4.98 Å². The fourth-order valence-corrected chi connectivity index (χ4v) is 3.65. The van der Waals surface area contributed by atoms with Gasteiger partial charge in [0.15, 0.2) is 0 Å². The molecule has 3 rings (SSSR count). The zero-order chi connectivity index (χ0) is 23.1. The molecule has 0 radical (unpaired) electrons. The molecule has 0 aliphatic carbocycles. The van der Waals surface area contributed by atoms with Crippen molar-refractivity contribution in [3.63, 3.8) is 0 Å². The summed E-state index contributed by atoms with van der Waals surface area (Å²) in [5.41, 5.74) is 3.14. The average molecular weight is 439 g/mol. The lowest BCUT2D eigenvalue weighted by molar-refractivity contribution is -0.119. The number of amides is 2. The summed E-state index contributed by atoms with van der Waals surface area (Å²) in [5, 5.41) is 5.78. The molecule has 3 aromatic rings. The van der Waals surface area contributed by atoms with Crippen LogP contribution >= 0.6 is 0 Å². The van der Waals surface area contributed by atoms with E-state index in [0.717, 1.165) is 25.2 Å². The minimum atomic E-state index is -0.301. The van der Waals surface area contributed by atoms with Gasteiger partial charge in [0.05, 0.1) is 16.6 Å². The average Bonchev–Trinajstić information content (AvgIpc) is 3.13. The lowest BCUT2D eigenvalue weighted by Crippen LogP contribution is -2.35. The number of aryl methyl sites for hydroxylation is 1. The van der Waals surface area contributed by atoms with Crippen molar-refractivity contribution >= 4 is 28.5 Å². The number of hydrogen-bond donors (Lipinski definition) is 2. The molecule has 170 valence electrons. The van der Waals surface area contributed by atoms with Crippen molar-refractivity contribution < 1.29 is 14.3 Å². The molecule has 0 spiro atoms. The Labute approximate surface area is 187 Å². The van der Waals surface area contributed by atoms with Crippen LogP contribution in [-0.4, -0.2) is 71.1 Å². The molecule has 0 fully saturated rings. The molecule has 0 saturated heterocycles. The number of fused-ring (bicyclic) bond motifs is 1. The zero-order valence-electron chi connectivity index (χ0n) is 19.0. The maximum atomic E-state index is 13.2. The first-order chi connectivity index (χ1) is 15.5. The number of benzene rings is 1. The van der Waals surface area contributed by atoms with E-state index >= 15 is 0 Å². The van der Waals surface area contributed by atoms with E-state index in [4.69, 9.17) is 9.72 Å². The van der Waals surface area contributed by atoms with Crippen molar-refractivity contribution in [2.45, 2.75) is 13.8 Å². The number of aromatic nitrogens is 3. The topological polar surface area (TPSA) is 101 Å². The lowest BCUT2D eigenvalue weighted by atomic mass is 10.1. The molecule has 2 aromatic heterocycles. The van der Waals surface area contributed by atoms with E-state index in [0.29, 0.717) is 34.7 Å². The summed E-state index contributed by atoms with van der Waals surface area (Å²) in [6.07, 6.45) is 3.40. The molecule has 2 amide bonds. The van der Waals surface area contributed by atoms with Crippen LogP contribution in [0.25, 0.3) is 22.4 Å². The van der Waals surface area contributed by atoms with Crippen LogP contribution in [0.5, 0.6) is 0 Å². The van der Waals surface area contributed by atoms with E-state index in [1.807, 2.05) is 23.7 Å². The quantitative estimate of drug-likeness (QED) is 0.504.